The van der Waals surface area contributed by atoms with Gasteiger partial charge in [0.1, 0.15) is 18.1 Å². The molecule has 0 radical (unpaired) electrons. The van der Waals surface area contributed by atoms with Gasteiger partial charge in [-0.25, -0.2) is 8.42 Å². The van der Waals surface area contributed by atoms with E-state index in [-0.39, 0.29) is 19.0 Å². The van der Waals surface area contributed by atoms with E-state index in [1.54, 1.807) is 24.3 Å². The predicted octanol–water partition coefficient (Wildman–Crippen LogP) is 1.97. The van der Waals surface area contributed by atoms with Gasteiger partial charge >= 0.3 is 0 Å². The summed E-state index contributed by atoms with van der Waals surface area (Å²) >= 11 is 0. The Labute approximate surface area is 165 Å². The average Bonchev–Trinajstić information content (AvgIpc) is 2.70. The molecule has 1 amide bonds. The fraction of sp³-hybridized carbons (Fsp3) is 0.350. The van der Waals surface area contributed by atoms with Crippen LogP contribution in [0.4, 0.5) is 5.69 Å². The molecule has 1 aliphatic rings. The lowest BCUT2D eigenvalue weighted by atomic mass is 10.2. The minimum absolute atomic E-state index is 0.0684. The van der Waals surface area contributed by atoms with E-state index in [9.17, 15) is 13.2 Å². The van der Waals surface area contributed by atoms with Crippen molar-refractivity contribution in [1.82, 2.24) is 5.32 Å². The molecule has 1 aliphatic heterocycles. The van der Waals surface area contributed by atoms with Gasteiger partial charge in [-0.05, 0) is 36.2 Å². The minimum Gasteiger partial charge on any atom is -0.492 e. The first-order chi connectivity index (χ1) is 13.4. The molecule has 0 fully saturated rings. The Morgan fingerprint density at radius 3 is 2.61 bits per heavy atom. The monoisotopic (exact) mass is 404 g/mol. The average molecular weight is 404 g/mol. The normalized spacial score (nSPS) is 16.1. The number of carbonyl (C=O) groups excluding carboxylic acids is 1. The highest BCUT2D eigenvalue weighted by Crippen LogP contribution is 2.34. The third kappa shape index (κ3) is 4.75. The first kappa shape index (κ1) is 20.0. The number of sulfonamides is 1. The van der Waals surface area contributed by atoms with E-state index in [2.05, 4.69) is 12.2 Å². The molecule has 0 bridgehead atoms. The fourth-order valence-corrected chi connectivity index (χ4v) is 3.85. The molecule has 8 heteroatoms. The summed E-state index contributed by atoms with van der Waals surface area (Å²) in [5.74, 6) is 0.720. The molecule has 1 atom stereocenters. The highest BCUT2D eigenvalue weighted by Gasteiger charge is 2.34. The van der Waals surface area contributed by atoms with Crippen LogP contribution in [-0.2, 0) is 21.2 Å². The lowest BCUT2D eigenvalue weighted by Crippen LogP contribution is -2.51. The van der Waals surface area contributed by atoms with Gasteiger partial charge in [-0.2, -0.15) is 0 Å². The molecule has 0 aliphatic carbocycles. The van der Waals surface area contributed by atoms with Crippen molar-refractivity contribution < 1.29 is 22.7 Å². The number of hydrogen-bond donors (Lipinski definition) is 1. The first-order valence-corrected chi connectivity index (χ1v) is 11.0. The van der Waals surface area contributed by atoms with Gasteiger partial charge in [-0.1, -0.05) is 31.2 Å². The molecule has 0 saturated heterocycles. The molecular formula is C20H24N2O5S. The molecule has 0 spiro atoms. The molecule has 0 saturated carbocycles. The number of fused-ring (bicyclic) bond motifs is 1. The van der Waals surface area contributed by atoms with Crippen molar-refractivity contribution in [2.45, 2.75) is 19.4 Å². The summed E-state index contributed by atoms with van der Waals surface area (Å²) in [5, 5.41) is 2.74. The van der Waals surface area contributed by atoms with Crippen LogP contribution in [0.1, 0.15) is 12.5 Å². The van der Waals surface area contributed by atoms with E-state index in [1.165, 1.54) is 9.87 Å². The SMILES string of the molecule is CCc1ccc(OCCNC(=O)[C@H]2CN(S(C)(=O)=O)c3ccccc3O2)cc1. The van der Waals surface area contributed by atoms with Gasteiger partial charge in [0.05, 0.1) is 25.0 Å². The highest BCUT2D eigenvalue weighted by atomic mass is 32.2. The number of anilines is 1. The third-order valence-electron chi connectivity index (χ3n) is 4.43. The summed E-state index contributed by atoms with van der Waals surface area (Å²) in [6, 6.07) is 14.6. The van der Waals surface area contributed by atoms with Crippen LogP contribution in [0.3, 0.4) is 0 Å². The maximum absolute atomic E-state index is 12.5. The molecule has 3 rings (SSSR count). The molecular weight excluding hydrogens is 380 g/mol. The summed E-state index contributed by atoms with van der Waals surface area (Å²) in [4.78, 5) is 12.5. The number of amides is 1. The number of benzene rings is 2. The second-order valence-electron chi connectivity index (χ2n) is 6.51. The summed E-state index contributed by atoms with van der Waals surface area (Å²) in [6.45, 7) is 2.61. The minimum atomic E-state index is -3.52. The lowest BCUT2D eigenvalue weighted by Gasteiger charge is -2.33. The first-order valence-electron chi connectivity index (χ1n) is 9.11. The molecule has 28 heavy (non-hydrogen) atoms. The smallest absolute Gasteiger partial charge is 0.263 e. The number of rotatable bonds is 7. The Morgan fingerprint density at radius 2 is 1.93 bits per heavy atom. The number of hydrogen-bond acceptors (Lipinski definition) is 5. The number of ether oxygens (including phenoxy) is 2. The third-order valence-corrected chi connectivity index (χ3v) is 5.58. The number of nitrogens with zero attached hydrogens (tertiary/aromatic N) is 1. The topological polar surface area (TPSA) is 84.9 Å². The van der Waals surface area contributed by atoms with Crippen molar-refractivity contribution in [2.24, 2.45) is 0 Å². The lowest BCUT2D eigenvalue weighted by molar-refractivity contribution is -0.127. The number of nitrogens with one attached hydrogen (secondary N) is 1. The molecule has 1 heterocycles. The largest absolute Gasteiger partial charge is 0.492 e. The summed E-state index contributed by atoms with van der Waals surface area (Å²) in [5.41, 5.74) is 1.67. The number of aryl methyl sites for hydroxylation is 1. The zero-order valence-corrected chi connectivity index (χ0v) is 16.7. The molecule has 2 aromatic rings. The van der Waals surface area contributed by atoms with Crippen molar-refractivity contribution in [3.05, 3.63) is 54.1 Å². The second-order valence-corrected chi connectivity index (χ2v) is 8.41. The van der Waals surface area contributed by atoms with Crippen molar-refractivity contribution in [2.75, 3.05) is 30.3 Å². The highest BCUT2D eigenvalue weighted by molar-refractivity contribution is 7.92. The van der Waals surface area contributed by atoms with Crippen molar-refractivity contribution in [1.29, 1.82) is 0 Å². The van der Waals surface area contributed by atoms with Crippen molar-refractivity contribution in [3.63, 3.8) is 0 Å². The predicted molar refractivity (Wildman–Crippen MR) is 107 cm³/mol. The van der Waals surface area contributed by atoms with Crippen LogP contribution < -0.4 is 19.1 Å². The van der Waals surface area contributed by atoms with E-state index >= 15 is 0 Å². The number of para-hydroxylation sites is 2. The van der Waals surface area contributed by atoms with Crippen LogP contribution in [0, 0.1) is 0 Å². The van der Waals surface area contributed by atoms with Gasteiger partial charge in [-0.15, -0.1) is 0 Å². The summed E-state index contributed by atoms with van der Waals surface area (Å²) in [6.07, 6.45) is 1.15. The van der Waals surface area contributed by atoms with E-state index in [0.29, 0.717) is 18.0 Å². The Bertz CT molecular complexity index is 928. The van der Waals surface area contributed by atoms with E-state index in [1.807, 2.05) is 24.3 Å². The van der Waals surface area contributed by atoms with E-state index in [4.69, 9.17) is 9.47 Å². The van der Waals surface area contributed by atoms with Crippen LogP contribution >= 0.6 is 0 Å². The standard InChI is InChI=1S/C20H24N2O5S/c1-3-15-8-10-16(11-9-15)26-13-12-21-20(23)19-14-22(28(2,24)25)17-6-4-5-7-18(17)27-19/h4-11,19H,3,12-14H2,1-2H3,(H,21,23)/t19-/m1/s1. The van der Waals surface area contributed by atoms with Crippen molar-refractivity contribution in [3.8, 4) is 11.5 Å². The van der Waals surface area contributed by atoms with E-state index < -0.39 is 16.1 Å². The Kier molecular flexibility index (Phi) is 6.08. The van der Waals surface area contributed by atoms with Gasteiger partial charge in [0.2, 0.25) is 10.0 Å². The molecule has 0 unspecified atom stereocenters. The van der Waals surface area contributed by atoms with Gasteiger partial charge < -0.3 is 14.8 Å². The van der Waals surface area contributed by atoms with Gasteiger partial charge in [0, 0.05) is 0 Å². The van der Waals surface area contributed by atoms with Gasteiger partial charge in [0.15, 0.2) is 6.10 Å². The quantitative estimate of drug-likeness (QED) is 0.713. The van der Waals surface area contributed by atoms with E-state index in [0.717, 1.165) is 18.4 Å². The molecule has 2 aromatic carbocycles. The van der Waals surface area contributed by atoms with Crippen LogP contribution in [0.5, 0.6) is 11.5 Å². The summed E-state index contributed by atoms with van der Waals surface area (Å²) < 4.78 is 36.7. The Balaban J connectivity index is 1.55. The zero-order valence-electron chi connectivity index (χ0n) is 15.9. The van der Waals surface area contributed by atoms with Crippen LogP contribution in [0.2, 0.25) is 0 Å². The van der Waals surface area contributed by atoms with Crippen LogP contribution in [0.15, 0.2) is 48.5 Å². The molecule has 1 N–H and O–H groups in total. The second kappa shape index (κ2) is 8.52. The van der Waals surface area contributed by atoms with Crippen LogP contribution in [-0.4, -0.2) is 46.4 Å². The zero-order chi connectivity index (χ0) is 20.1. The summed E-state index contributed by atoms with van der Waals surface area (Å²) in [7, 11) is -3.52. The molecule has 0 aromatic heterocycles. The maximum atomic E-state index is 12.5. The number of carbonyl (C=O) groups is 1. The Morgan fingerprint density at radius 1 is 1.21 bits per heavy atom. The Hall–Kier alpha value is -2.74. The molecule has 7 nitrogen and oxygen atoms in total. The fourth-order valence-electron chi connectivity index (χ4n) is 2.93. The maximum Gasteiger partial charge on any atom is 0.263 e. The van der Waals surface area contributed by atoms with Crippen molar-refractivity contribution >= 4 is 21.6 Å². The molecule has 150 valence electrons. The van der Waals surface area contributed by atoms with Gasteiger partial charge in [0.25, 0.3) is 5.91 Å². The van der Waals surface area contributed by atoms with Gasteiger partial charge in [-0.3, -0.25) is 9.10 Å². The van der Waals surface area contributed by atoms with Crippen LogP contribution in [0.25, 0.3) is 0 Å².